The molecule has 24 heavy (non-hydrogen) atoms. The lowest BCUT2D eigenvalue weighted by Crippen LogP contribution is -2.05. The van der Waals surface area contributed by atoms with Crippen molar-refractivity contribution in [3.05, 3.63) is 47.8 Å². The van der Waals surface area contributed by atoms with Crippen LogP contribution in [0.5, 0.6) is 0 Å². The molecule has 0 saturated heterocycles. The smallest absolute Gasteiger partial charge is 0.199 e. The number of hydrogen-bond donors (Lipinski definition) is 1. The van der Waals surface area contributed by atoms with Gasteiger partial charge in [0.05, 0.1) is 17.8 Å². The highest BCUT2D eigenvalue weighted by Crippen LogP contribution is 2.29. The number of halogens is 2. The average Bonchev–Trinajstić information content (AvgIpc) is 3.16. The third kappa shape index (κ3) is 2.16. The van der Waals surface area contributed by atoms with E-state index in [1.807, 2.05) is 0 Å². The van der Waals surface area contributed by atoms with Crippen molar-refractivity contribution >= 4 is 16.9 Å². The molecule has 0 spiro atoms. The minimum Gasteiger partial charge on any atom is -0.379 e. The first-order valence-corrected chi connectivity index (χ1v) is 6.84. The Kier molecular flexibility index (Phi) is 3.15. The van der Waals surface area contributed by atoms with Crippen LogP contribution in [-0.2, 0) is 6.54 Å². The van der Waals surface area contributed by atoms with Crippen molar-refractivity contribution in [3.8, 4) is 11.5 Å². The fourth-order valence-electron chi connectivity index (χ4n) is 2.41. The molecular weight excluding hydrogens is 320 g/mol. The summed E-state index contributed by atoms with van der Waals surface area (Å²) in [5.41, 5.74) is 6.65. The second-order valence-electron chi connectivity index (χ2n) is 4.96. The van der Waals surface area contributed by atoms with Crippen LogP contribution in [0.3, 0.4) is 0 Å². The first-order valence-electron chi connectivity index (χ1n) is 6.84. The zero-order valence-electron chi connectivity index (χ0n) is 12.0. The summed E-state index contributed by atoms with van der Waals surface area (Å²) in [5.74, 6) is -1.86. The van der Waals surface area contributed by atoms with Crippen molar-refractivity contribution in [1.29, 1.82) is 0 Å². The van der Waals surface area contributed by atoms with Crippen LogP contribution >= 0.6 is 0 Å². The minimum atomic E-state index is -1.05. The Balaban J connectivity index is 1.98. The van der Waals surface area contributed by atoms with E-state index in [9.17, 15) is 8.78 Å². The molecule has 3 heterocycles. The maximum atomic E-state index is 14.1. The molecule has 10 heteroatoms. The molecular formula is C14H9F2N7O. The molecule has 0 radical (unpaired) electrons. The van der Waals surface area contributed by atoms with Crippen molar-refractivity contribution in [2.75, 3.05) is 5.73 Å². The highest BCUT2D eigenvalue weighted by molar-refractivity contribution is 5.82. The van der Waals surface area contributed by atoms with Crippen LogP contribution in [0.1, 0.15) is 5.69 Å². The Labute approximate surface area is 132 Å². The van der Waals surface area contributed by atoms with Gasteiger partial charge >= 0.3 is 0 Å². The van der Waals surface area contributed by atoms with Gasteiger partial charge in [-0.05, 0) is 34.6 Å². The topological polar surface area (TPSA) is 109 Å². The molecule has 8 nitrogen and oxygen atoms in total. The number of fused-ring (bicyclic) bond motifs is 1. The molecule has 2 N–H and O–H groups in total. The standard InChI is InChI=1S/C14H9F2N7O/c15-8-3-4-9-11(10(8)16)19-14(12-13(17)22-24-21-12)23(9)6-7-2-1-5-18-20-7/h1-5H,6H2,(H2,17,22). The van der Waals surface area contributed by atoms with Crippen LogP contribution in [0.25, 0.3) is 22.6 Å². The summed E-state index contributed by atoms with van der Waals surface area (Å²) in [5, 5.41) is 15.0. The SMILES string of the molecule is Nc1nonc1-c1nc2c(F)c(F)ccc2n1Cc1cccnn1. The minimum absolute atomic E-state index is 0.00779. The van der Waals surface area contributed by atoms with E-state index >= 15 is 0 Å². The summed E-state index contributed by atoms with van der Waals surface area (Å²) in [6.07, 6.45) is 1.53. The Morgan fingerprint density at radius 3 is 2.75 bits per heavy atom. The average molecular weight is 329 g/mol. The predicted octanol–water partition coefficient (Wildman–Crippen LogP) is 1.78. The third-order valence-corrected chi connectivity index (χ3v) is 3.49. The van der Waals surface area contributed by atoms with E-state index in [2.05, 4.69) is 30.1 Å². The van der Waals surface area contributed by atoms with E-state index in [0.29, 0.717) is 11.2 Å². The molecule has 0 fully saturated rings. The lowest BCUT2D eigenvalue weighted by molar-refractivity contribution is 0.310. The second-order valence-corrected chi connectivity index (χ2v) is 4.96. The van der Waals surface area contributed by atoms with E-state index in [0.717, 1.165) is 6.07 Å². The second kappa shape index (κ2) is 5.33. The molecule has 120 valence electrons. The monoisotopic (exact) mass is 329 g/mol. The molecule has 0 aliphatic heterocycles. The van der Waals surface area contributed by atoms with Gasteiger partial charge in [0.15, 0.2) is 29.0 Å². The van der Waals surface area contributed by atoms with Gasteiger partial charge in [-0.1, -0.05) is 0 Å². The normalized spacial score (nSPS) is 11.2. The van der Waals surface area contributed by atoms with Crippen LogP contribution in [0.15, 0.2) is 35.1 Å². The van der Waals surface area contributed by atoms with E-state index in [1.165, 1.54) is 12.3 Å². The first-order chi connectivity index (χ1) is 11.6. The summed E-state index contributed by atoms with van der Waals surface area (Å²) in [4.78, 5) is 4.13. The summed E-state index contributed by atoms with van der Waals surface area (Å²) in [6, 6.07) is 5.91. The largest absolute Gasteiger partial charge is 0.379 e. The zero-order valence-corrected chi connectivity index (χ0v) is 12.0. The number of nitrogen functional groups attached to an aromatic ring is 1. The van der Waals surface area contributed by atoms with Gasteiger partial charge in [-0.25, -0.2) is 18.4 Å². The molecule has 0 atom stereocenters. The number of aromatic nitrogens is 6. The van der Waals surface area contributed by atoms with Gasteiger partial charge in [0.25, 0.3) is 0 Å². The van der Waals surface area contributed by atoms with Gasteiger partial charge in [0.2, 0.25) is 0 Å². The molecule has 0 unspecified atom stereocenters. The number of benzene rings is 1. The van der Waals surface area contributed by atoms with Crippen LogP contribution in [0.2, 0.25) is 0 Å². The van der Waals surface area contributed by atoms with Crippen LogP contribution in [0.4, 0.5) is 14.6 Å². The number of nitrogens with zero attached hydrogens (tertiary/aromatic N) is 6. The molecule has 0 saturated carbocycles. The Morgan fingerprint density at radius 1 is 1.17 bits per heavy atom. The maximum Gasteiger partial charge on any atom is 0.199 e. The van der Waals surface area contributed by atoms with E-state index in [-0.39, 0.29) is 29.4 Å². The fourth-order valence-corrected chi connectivity index (χ4v) is 2.41. The highest BCUT2D eigenvalue weighted by Gasteiger charge is 2.22. The summed E-state index contributed by atoms with van der Waals surface area (Å²) < 4.78 is 33.8. The van der Waals surface area contributed by atoms with Crippen molar-refractivity contribution < 1.29 is 13.4 Å². The van der Waals surface area contributed by atoms with Crippen LogP contribution in [0, 0.1) is 11.6 Å². The molecule has 0 aliphatic carbocycles. The molecule has 4 rings (SSSR count). The van der Waals surface area contributed by atoms with Gasteiger partial charge in [-0.3, -0.25) is 0 Å². The van der Waals surface area contributed by atoms with E-state index in [4.69, 9.17) is 5.73 Å². The van der Waals surface area contributed by atoms with Crippen molar-refractivity contribution in [3.63, 3.8) is 0 Å². The van der Waals surface area contributed by atoms with E-state index < -0.39 is 11.6 Å². The number of rotatable bonds is 3. The lowest BCUT2D eigenvalue weighted by atomic mass is 10.3. The highest BCUT2D eigenvalue weighted by atomic mass is 19.2. The number of nitrogens with two attached hydrogens (primary N) is 1. The quantitative estimate of drug-likeness (QED) is 0.610. The third-order valence-electron chi connectivity index (χ3n) is 3.49. The van der Waals surface area contributed by atoms with Crippen LogP contribution in [-0.4, -0.2) is 30.1 Å². The fraction of sp³-hybridized carbons (Fsp3) is 0.0714. The number of hydrogen-bond acceptors (Lipinski definition) is 7. The van der Waals surface area contributed by atoms with Crippen LogP contribution < -0.4 is 5.73 Å². The van der Waals surface area contributed by atoms with E-state index in [1.54, 1.807) is 16.7 Å². The van der Waals surface area contributed by atoms with Gasteiger partial charge in [-0.15, -0.1) is 0 Å². The maximum absolute atomic E-state index is 14.1. The summed E-state index contributed by atoms with van der Waals surface area (Å²) >= 11 is 0. The summed E-state index contributed by atoms with van der Waals surface area (Å²) in [6.45, 7) is 0.205. The van der Waals surface area contributed by atoms with Crippen molar-refractivity contribution in [1.82, 2.24) is 30.1 Å². The molecule has 1 aromatic carbocycles. The Morgan fingerprint density at radius 2 is 2.04 bits per heavy atom. The summed E-state index contributed by atoms with van der Waals surface area (Å²) in [7, 11) is 0. The Hall–Kier alpha value is -3.43. The first kappa shape index (κ1) is 14.2. The zero-order chi connectivity index (χ0) is 16.7. The predicted molar refractivity (Wildman–Crippen MR) is 78.5 cm³/mol. The lowest BCUT2D eigenvalue weighted by Gasteiger charge is -2.06. The van der Waals surface area contributed by atoms with Gasteiger partial charge in [0.1, 0.15) is 5.52 Å². The molecule has 3 aromatic heterocycles. The molecule has 0 bridgehead atoms. The van der Waals surface area contributed by atoms with Gasteiger partial charge in [-0.2, -0.15) is 10.2 Å². The van der Waals surface area contributed by atoms with Gasteiger partial charge in [0, 0.05) is 6.20 Å². The molecule has 0 amide bonds. The number of imidazole rings is 1. The Bertz CT molecular complexity index is 1030. The number of anilines is 1. The molecule has 4 aromatic rings. The van der Waals surface area contributed by atoms with Gasteiger partial charge < -0.3 is 10.3 Å². The van der Waals surface area contributed by atoms with Crippen molar-refractivity contribution in [2.24, 2.45) is 0 Å². The van der Waals surface area contributed by atoms with Crippen molar-refractivity contribution in [2.45, 2.75) is 6.54 Å². The molecule has 0 aliphatic rings.